The highest BCUT2D eigenvalue weighted by Gasteiger charge is 2.36. The van der Waals surface area contributed by atoms with Crippen LogP contribution in [-0.2, 0) is 27.8 Å². The Morgan fingerprint density at radius 1 is 1.12 bits per heavy atom. The number of hydrogen-bond donors (Lipinski definition) is 1. The van der Waals surface area contributed by atoms with E-state index < -0.39 is 14.9 Å². The first kappa shape index (κ1) is 22.5. The van der Waals surface area contributed by atoms with E-state index in [0.29, 0.717) is 31.5 Å². The van der Waals surface area contributed by atoms with Gasteiger partial charge in [-0.2, -0.15) is 4.31 Å². The van der Waals surface area contributed by atoms with Gasteiger partial charge in [-0.3, -0.25) is 14.9 Å². The number of carbonyl (C=O) groups excluding carboxylic acids is 1. The Bertz CT molecular complexity index is 1390. The van der Waals surface area contributed by atoms with E-state index in [1.807, 2.05) is 23.1 Å². The minimum atomic E-state index is -3.88. The molecule has 3 heterocycles. The van der Waals surface area contributed by atoms with Gasteiger partial charge in [0.2, 0.25) is 15.9 Å². The number of aromatic amines is 1. The zero-order chi connectivity index (χ0) is 24.0. The molecule has 0 spiro atoms. The SMILES string of the molecule is Cc1ccc([N+](=O)[O-])cc1S(=O)(=O)N1CCC(C(=O)N2CCc3[nH]c4ccccc4c3C2)CC1. The summed E-state index contributed by atoms with van der Waals surface area (Å²) in [6, 6.07) is 12.0. The number of non-ortho nitro benzene ring substituents is 1. The maximum absolute atomic E-state index is 13.3. The van der Waals surface area contributed by atoms with Crippen molar-refractivity contribution in [3.05, 3.63) is 69.4 Å². The normalized spacial score (nSPS) is 17.6. The molecule has 1 aromatic heterocycles. The van der Waals surface area contributed by atoms with Crippen LogP contribution in [0.3, 0.4) is 0 Å². The summed E-state index contributed by atoms with van der Waals surface area (Å²) in [5.41, 5.74) is 3.63. The highest BCUT2D eigenvalue weighted by molar-refractivity contribution is 7.89. The van der Waals surface area contributed by atoms with Crippen LogP contribution in [0.5, 0.6) is 0 Å². The Morgan fingerprint density at radius 2 is 1.85 bits per heavy atom. The molecular weight excluding hydrogens is 456 g/mol. The monoisotopic (exact) mass is 482 g/mol. The summed E-state index contributed by atoms with van der Waals surface area (Å²) < 4.78 is 27.7. The molecule has 0 bridgehead atoms. The minimum Gasteiger partial charge on any atom is -0.358 e. The van der Waals surface area contributed by atoms with Crippen LogP contribution in [0, 0.1) is 23.0 Å². The molecule has 0 saturated carbocycles. The number of para-hydroxylation sites is 1. The summed E-state index contributed by atoms with van der Waals surface area (Å²) in [5.74, 6) is -0.163. The van der Waals surface area contributed by atoms with Crippen LogP contribution < -0.4 is 0 Å². The molecule has 10 heteroatoms. The van der Waals surface area contributed by atoms with Gasteiger partial charge in [-0.1, -0.05) is 24.3 Å². The van der Waals surface area contributed by atoms with Gasteiger partial charge in [0, 0.05) is 72.8 Å². The van der Waals surface area contributed by atoms with E-state index in [9.17, 15) is 23.3 Å². The number of rotatable bonds is 4. The number of aryl methyl sites for hydroxylation is 1. The van der Waals surface area contributed by atoms with Crippen molar-refractivity contribution >= 4 is 32.5 Å². The molecule has 5 rings (SSSR count). The third-order valence-electron chi connectivity index (χ3n) is 7.00. The fourth-order valence-electron chi connectivity index (χ4n) is 5.08. The van der Waals surface area contributed by atoms with Crippen LogP contribution in [0.2, 0.25) is 0 Å². The third kappa shape index (κ3) is 3.86. The predicted molar refractivity (Wildman–Crippen MR) is 127 cm³/mol. The Balaban J connectivity index is 1.28. The number of nitrogens with zero attached hydrogens (tertiary/aromatic N) is 3. The number of carbonyl (C=O) groups is 1. The van der Waals surface area contributed by atoms with Crippen molar-refractivity contribution in [1.29, 1.82) is 0 Å². The van der Waals surface area contributed by atoms with E-state index >= 15 is 0 Å². The highest BCUT2D eigenvalue weighted by Crippen LogP contribution is 2.32. The van der Waals surface area contributed by atoms with Crippen LogP contribution in [0.1, 0.15) is 29.7 Å². The van der Waals surface area contributed by atoms with Gasteiger partial charge in [0.15, 0.2) is 0 Å². The lowest BCUT2D eigenvalue weighted by Crippen LogP contribution is -2.45. The molecule has 178 valence electrons. The molecule has 1 saturated heterocycles. The molecule has 1 fully saturated rings. The lowest BCUT2D eigenvalue weighted by molar-refractivity contribution is -0.385. The third-order valence-corrected chi connectivity index (χ3v) is 9.04. The predicted octanol–water partition coefficient (Wildman–Crippen LogP) is 3.37. The van der Waals surface area contributed by atoms with Crippen LogP contribution in [0.15, 0.2) is 47.4 Å². The summed E-state index contributed by atoms with van der Waals surface area (Å²) in [5, 5.41) is 12.3. The second kappa shape index (κ2) is 8.52. The molecule has 0 unspecified atom stereocenters. The Hall–Kier alpha value is -3.24. The van der Waals surface area contributed by atoms with E-state index in [-0.39, 0.29) is 35.5 Å². The lowest BCUT2D eigenvalue weighted by atomic mass is 9.95. The van der Waals surface area contributed by atoms with E-state index in [4.69, 9.17) is 0 Å². The van der Waals surface area contributed by atoms with Crippen molar-refractivity contribution in [3.8, 4) is 0 Å². The molecule has 2 aliphatic heterocycles. The van der Waals surface area contributed by atoms with E-state index in [2.05, 4.69) is 11.1 Å². The van der Waals surface area contributed by atoms with Crippen molar-refractivity contribution in [2.45, 2.75) is 37.6 Å². The molecule has 0 radical (unpaired) electrons. The van der Waals surface area contributed by atoms with Gasteiger partial charge in [0.1, 0.15) is 0 Å². The first-order chi connectivity index (χ1) is 16.3. The van der Waals surface area contributed by atoms with Crippen molar-refractivity contribution in [2.75, 3.05) is 19.6 Å². The molecule has 9 nitrogen and oxygen atoms in total. The Labute approximate surface area is 197 Å². The first-order valence-corrected chi connectivity index (χ1v) is 12.8. The average molecular weight is 483 g/mol. The zero-order valence-corrected chi connectivity index (χ0v) is 19.7. The van der Waals surface area contributed by atoms with Crippen LogP contribution >= 0.6 is 0 Å². The van der Waals surface area contributed by atoms with E-state index in [1.54, 1.807) is 6.92 Å². The van der Waals surface area contributed by atoms with Crippen molar-refractivity contribution in [1.82, 2.24) is 14.2 Å². The quantitative estimate of drug-likeness (QED) is 0.452. The van der Waals surface area contributed by atoms with Crippen molar-refractivity contribution < 1.29 is 18.1 Å². The number of H-pyrrole nitrogens is 1. The fourth-order valence-corrected chi connectivity index (χ4v) is 6.79. The smallest absolute Gasteiger partial charge is 0.270 e. The minimum absolute atomic E-state index is 0.0469. The Morgan fingerprint density at radius 3 is 2.59 bits per heavy atom. The van der Waals surface area contributed by atoms with Gasteiger partial charge >= 0.3 is 0 Å². The molecule has 0 atom stereocenters. The molecule has 2 aromatic carbocycles. The molecule has 0 aliphatic carbocycles. The number of hydrogen-bond acceptors (Lipinski definition) is 5. The number of piperidine rings is 1. The number of sulfonamides is 1. The van der Waals surface area contributed by atoms with E-state index in [1.165, 1.54) is 22.1 Å². The largest absolute Gasteiger partial charge is 0.358 e. The first-order valence-electron chi connectivity index (χ1n) is 11.4. The van der Waals surface area contributed by atoms with Gasteiger partial charge < -0.3 is 9.88 Å². The summed E-state index contributed by atoms with van der Waals surface area (Å²) >= 11 is 0. The maximum atomic E-state index is 13.3. The van der Waals surface area contributed by atoms with E-state index in [0.717, 1.165) is 29.0 Å². The van der Waals surface area contributed by atoms with Crippen molar-refractivity contribution in [2.24, 2.45) is 5.92 Å². The molecular formula is C24H26N4O5S. The average Bonchev–Trinajstić information content (AvgIpc) is 3.21. The molecule has 1 N–H and O–H groups in total. The lowest BCUT2D eigenvalue weighted by Gasteiger charge is -2.35. The van der Waals surface area contributed by atoms with Gasteiger partial charge in [-0.25, -0.2) is 8.42 Å². The summed E-state index contributed by atoms with van der Waals surface area (Å²) in [6.07, 6.45) is 1.64. The second-order valence-electron chi connectivity index (χ2n) is 9.02. The fraction of sp³-hybridized carbons (Fsp3) is 0.375. The number of nitro benzene ring substituents is 1. The number of nitro groups is 1. The number of nitrogens with one attached hydrogen (secondary N) is 1. The van der Waals surface area contributed by atoms with Crippen LogP contribution in [-0.4, -0.2) is 53.1 Å². The standard InChI is InChI=1S/C24H26N4O5S/c1-16-6-7-18(28(30)31)14-23(16)34(32,33)27-12-8-17(9-13-27)24(29)26-11-10-22-20(15-26)19-4-2-3-5-21(19)25-22/h2-7,14,17,25H,8-13,15H2,1H3. The van der Waals surface area contributed by atoms with Crippen LogP contribution in [0.4, 0.5) is 5.69 Å². The van der Waals surface area contributed by atoms with Gasteiger partial charge in [-0.05, 0) is 31.4 Å². The number of fused-ring (bicyclic) bond motifs is 3. The topological polar surface area (TPSA) is 117 Å². The number of amides is 1. The molecule has 2 aliphatic rings. The van der Waals surface area contributed by atoms with Gasteiger partial charge in [0.05, 0.1) is 9.82 Å². The number of benzene rings is 2. The highest BCUT2D eigenvalue weighted by atomic mass is 32.2. The maximum Gasteiger partial charge on any atom is 0.270 e. The van der Waals surface area contributed by atoms with Crippen LogP contribution in [0.25, 0.3) is 10.9 Å². The zero-order valence-electron chi connectivity index (χ0n) is 18.9. The van der Waals surface area contributed by atoms with Gasteiger partial charge in [-0.15, -0.1) is 0 Å². The summed E-state index contributed by atoms with van der Waals surface area (Å²) in [4.78, 5) is 29.1. The summed E-state index contributed by atoms with van der Waals surface area (Å²) in [7, 11) is -3.88. The molecule has 34 heavy (non-hydrogen) atoms. The Kier molecular flexibility index (Phi) is 5.65. The van der Waals surface area contributed by atoms with Crippen molar-refractivity contribution in [3.63, 3.8) is 0 Å². The molecule has 3 aromatic rings. The van der Waals surface area contributed by atoms with Gasteiger partial charge in [0.25, 0.3) is 5.69 Å². The molecule has 1 amide bonds. The summed E-state index contributed by atoms with van der Waals surface area (Å²) in [6.45, 7) is 3.26. The second-order valence-corrected chi connectivity index (χ2v) is 10.9. The number of aromatic nitrogens is 1.